The zero-order chi connectivity index (χ0) is 5.40. The number of rotatable bonds is 0. The highest BCUT2D eigenvalue weighted by atomic mass is 14.4. The van der Waals surface area contributed by atoms with Crippen LogP contribution < -0.4 is 0 Å². The van der Waals surface area contributed by atoms with E-state index in [1.807, 2.05) is 0 Å². The Kier molecular flexibility index (Phi) is 1.06. The van der Waals surface area contributed by atoms with E-state index < -0.39 is 0 Å². The molecule has 1 radical (unpaired) electrons. The molecule has 45 valence electrons. The lowest BCUT2D eigenvalue weighted by Gasteiger charge is -2.04. The van der Waals surface area contributed by atoms with E-state index in [4.69, 9.17) is 0 Å². The van der Waals surface area contributed by atoms with E-state index in [-0.39, 0.29) is 0 Å². The van der Waals surface area contributed by atoms with Crippen molar-refractivity contribution < 1.29 is 0 Å². The average Bonchev–Trinajstić information content (AvgIpc) is 2.15. The Balaban J connectivity index is 2.04. The minimum atomic E-state index is 1.05. The molecule has 0 heteroatoms. The van der Waals surface area contributed by atoms with Crippen LogP contribution in [-0.4, -0.2) is 0 Å². The normalized spacial score (nSPS) is 45.0. The molecule has 0 aliphatic heterocycles. The number of fused-ring (bicyclic) bond motifs is 1. The first-order valence-corrected chi connectivity index (χ1v) is 3.80. The first-order valence-electron chi connectivity index (χ1n) is 3.80. The van der Waals surface area contributed by atoms with Gasteiger partial charge in [0, 0.05) is 0 Å². The van der Waals surface area contributed by atoms with Crippen LogP contribution in [0.3, 0.4) is 0 Å². The fraction of sp³-hybridized carbons (Fsp3) is 0.875. The molecule has 0 N–H and O–H groups in total. The van der Waals surface area contributed by atoms with Crippen molar-refractivity contribution in [3.8, 4) is 0 Å². The van der Waals surface area contributed by atoms with Gasteiger partial charge in [0.15, 0.2) is 0 Å². The molecule has 0 spiro atoms. The van der Waals surface area contributed by atoms with Crippen molar-refractivity contribution >= 4 is 0 Å². The summed E-state index contributed by atoms with van der Waals surface area (Å²) in [6.07, 6.45) is 10.00. The summed E-state index contributed by atoms with van der Waals surface area (Å²) >= 11 is 0. The predicted molar refractivity (Wildman–Crippen MR) is 34.4 cm³/mol. The van der Waals surface area contributed by atoms with Gasteiger partial charge in [-0.25, -0.2) is 0 Å². The van der Waals surface area contributed by atoms with Crippen molar-refractivity contribution in [3.05, 3.63) is 6.42 Å². The average molecular weight is 109 g/mol. The molecule has 8 heavy (non-hydrogen) atoms. The van der Waals surface area contributed by atoms with Gasteiger partial charge in [0.25, 0.3) is 0 Å². The summed E-state index contributed by atoms with van der Waals surface area (Å²) in [7, 11) is 0. The second-order valence-corrected chi connectivity index (χ2v) is 3.17. The summed E-state index contributed by atoms with van der Waals surface area (Å²) in [6.45, 7) is 0. The highest BCUT2D eigenvalue weighted by Gasteiger charge is 2.30. The minimum absolute atomic E-state index is 1.05. The van der Waals surface area contributed by atoms with Crippen molar-refractivity contribution in [2.75, 3.05) is 0 Å². The van der Waals surface area contributed by atoms with Crippen LogP contribution >= 0.6 is 0 Å². The molecule has 2 unspecified atom stereocenters. The zero-order valence-electron chi connectivity index (χ0n) is 5.27. The van der Waals surface area contributed by atoms with E-state index in [1.165, 1.54) is 32.1 Å². The van der Waals surface area contributed by atoms with E-state index in [0.29, 0.717) is 0 Å². The molecule has 2 aliphatic rings. The lowest BCUT2D eigenvalue weighted by Crippen LogP contribution is -1.96. The lowest BCUT2D eigenvalue weighted by atomic mass is 10.0. The Hall–Kier alpha value is 0. The third-order valence-corrected chi connectivity index (χ3v) is 2.72. The summed E-state index contributed by atoms with van der Waals surface area (Å²) in [4.78, 5) is 0. The molecule has 0 heterocycles. The summed E-state index contributed by atoms with van der Waals surface area (Å²) in [6, 6.07) is 0. The van der Waals surface area contributed by atoms with E-state index in [0.717, 1.165) is 11.8 Å². The van der Waals surface area contributed by atoms with Gasteiger partial charge < -0.3 is 0 Å². The molecular formula is C8H13. The summed E-state index contributed by atoms with van der Waals surface area (Å²) in [5.41, 5.74) is 0. The van der Waals surface area contributed by atoms with Gasteiger partial charge in [-0.05, 0) is 37.5 Å². The van der Waals surface area contributed by atoms with Gasteiger partial charge in [0.2, 0.25) is 0 Å². The lowest BCUT2D eigenvalue weighted by molar-refractivity contribution is 0.489. The van der Waals surface area contributed by atoms with Crippen molar-refractivity contribution in [1.29, 1.82) is 0 Å². The molecule has 2 atom stereocenters. The Morgan fingerprint density at radius 1 is 1.12 bits per heavy atom. The molecule has 0 aromatic rings. The Bertz CT molecular complexity index is 66.0. The number of hydrogen-bond donors (Lipinski definition) is 0. The standard InChI is InChI=1S/C8H13/c1-3-7-5-2-6-8(7)4-1/h3,7-8H,1-2,4-6H2. The smallest absolute Gasteiger partial charge is 0.0352 e. The van der Waals surface area contributed by atoms with Crippen LogP contribution in [0.2, 0.25) is 0 Å². The Morgan fingerprint density at radius 2 is 2.12 bits per heavy atom. The maximum Gasteiger partial charge on any atom is -0.0352 e. The molecule has 0 aromatic carbocycles. The molecule has 2 aliphatic carbocycles. The first kappa shape index (κ1) is 4.84. The maximum atomic E-state index is 2.54. The first-order chi connectivity index (χ1) is 3.97. The van der Waals surface area contributed by atoms with Gasteiger partial charge >= 0.3 is 0 Å². The molecule has 2 fully saturated rings. The van der Waals surface area contributed by atoms with Crippen molar-refractivity contribution in [2.45, 2.75) is 32.1 Å². The monoisotopic (exact) mass is 109 g/mol. The van der Waals surface area contributed by atoms with E-state index >= 15 is 0 Å². The minimum Gasteiger partial charge on any atom is -0.0527 e. The quantitative estimate of drug-likeness (QED) is 0.448. The van der Waals surface area contributed by atoms with Crippen LogP contribution in [0.1, 0.15) is 32.1 Å². The second kappa shape index (κ2) is 1.75. The van der Waals surface area contributed by atoms with Crippen LogP contribution in [0.25, 0.3) is 0 Å². The molecule has 0 amide bonds. The van der Waals surface area contributed by atoms with Crippen LogP contribution in [0.4, 0.5) is 0 Å². The highest BCUT2D eigenvalue weighted by Crippen LogP contribution is 2.42. The van der Waals surface area contributed by atoms with Gasteiger partial charge in [0.1, 0.15) is 0 Å². The van der Waals surface area contributed by atoms with Crippen LogP contribution in [0.15, 0.2) is 0 Å². The fourth-order valence-corrected chi connectivity index (χ4v) is 2.26. The molecule has 0 aromatic heterocycles. The van der Waals surface area contributed by atoms with Gasteiger partial charge in [-0.2, -0.15) is 0 Å². The largest absolute Gasteiger partial charge is 0.0527 e. The van der Waals surface area contributed by atoms with E-state index in [9.17, 15) is 0 Å². The Labute approximate surface area is 51.3 Å². The van der Waals surface area contributed by atoms with Crippen LogP contribution in [-0.2, 0) is 0 Å². The molecule has 0 nitrogen and oxygen atoms in total. The number of hydrogen-bond acceptors (Lipinski definition) is 0. The van der Waals surface area contributed by atoms with Gasteiger partial charge in [-0.1, -0.05) is 12.8 Å². The highest BCUT2D eigenvalue weighted by molar-refractivity contribution is 4.93. The molecule has 2 rings (SSSR count). The molecular weight excluding hydrogens is 96.1 g/mol. The molecule has 0 bridgehead atoms. The Morgan fingerprint density at radius 3 is 3.00 bits per heavy atom. The van der Waals surface area contributed by atoms with Crippen molar-refractivity contribution in [3.63, 3.8) is 0 Å². The fourth-order valence-electron chi connectivity index (χ4n) is 2.26. The topological polar surface area (TPSA) is 0 Å². The summed E-state index contributed by atoms with van der Waals surface area (Å²) in [5, 5.41) is 0. The SMILES string of the molecule is [CH]1CCC2CCCC12. The molecule has 2 saturated carbocycles. The van der Waals surface area contributed by atoms with Gasteiger partial charge in [-0.15, -0.1) is 0 Å². The summed E-state index contributed by atoms with van der Waals surface area (Å²) in [5.74, 6) is 2.17. The second-order valence-electron chi connectivity index (χ2n) is 3.17. The van der Waals surface area contributed by atoms with E-state index in [1.54, 1.807) is 0 Å². The van der Waals surface area contributed by atoms with Crippen LogP contribution in [0, 0.1) is 18.3 Å². The van der Waals surface area contributed by atoms with Crippen molar-refractivity contribution in [1.82, 2.24) is 0 Å². The maximum absolute atomic E-state index is 2.54. The third-order valence-electron chi connectivity index (χ3n) is 2.72. The predicted octanol–water partition coefficient (Wildman–Crippen LogP) is 2.40. The van der Waals surface area contributed by atoms with Gasteiger partial charge in [-0.3, -0.25) is 0 Å². The third kappa shape index (κ3) is 0.586. The summed E-state index contributed by atoms with van der Waals surface area (Å²) < 4.78 is 0. The van der Waals surface area contributed by atoms with Gasteiger partial charge in [0.05, 0.1) is 0 Å². The van der Waals surface area contributed by atoms with Crippen LogP contribution in [0.5, 0.6) is 0 Å². The molecule has 0 saturated heterocycles. The zero-order valence-corrected chi connectivity index (χ0v) is 5.27. The van der Waals surface area contributed by atoms with Crippen molar-refractivity contribution in [2.24, 2.45) is 11.8 Å². The van der Waals surface area contributed by atoms with E-state index in [2.05, 4.69) is 6.42 Å².